The lowest BCUT2D eigenvalue weighted by Crippen LogP contribution is -2.20. The summed E-state index contributed by atoms with van der Waals surface area (Å²) in [5.74, 6) is 0.571. The van der Waals surface area contributed by atoms with Crippen molar-refractivity contribution >= 4 is 0 Å². The lowest BCUT2D eigenvalue weighted by atomic mass is 9.99. The molecule has 0 N–H and O–H groups in total. The second kappa shape index (κ2) is 2.91. The van der Waals surface area contributed by atoms with Crippen molar-refractivity contribution in [3.8, 4) is 0 Å². The first kappa shape index (κ1) is 7.39. The summed E-state index contributed by atoms with van der Waals surface area (Å²) in [4.78, 5) is 0. The van der Waals surface area contributed by atoms with E-state index in [0.717, 1.165) is 0 Å². The number of hydrogen-bond donors (Lipinski definition) is 0. The largest absolute Gasteiger partial charge is 0.493 e. The molecule has 0 fully saturated rings. The summed E-state index contributed by atoms with van der Waals surface area (Å²) in [7, 11) is 0. The molecule has 56 valence electrons. The van der Waals surface area contributed by atoms with Crippen LogP contribution in [0.4, 0.5) is 0 Å². The summed E-state index contributed by atoms with van der Waals surface area (Å²) in [6.07, 6.45) is 6.10. The van der Waals surface area contributed by atoms with Crippen LogP contribution in [0.15, 0.2) is 24.0 Å². The van der Waals surface area contributed by atoms with Crippen LogP contribution in [-0.4, -0.2) is 6.10 Å². The SMILES string of the molecule is CC1=CC=COC1C(C)C. The molecule has 1 heterocycles. The molecule has 1 rings (SSSR count). The molecule has 0 spiro atoms. The van der Waals surface area contributed by atoms with E-state index in [1.165, 1.54) is 5.57 Å². The van der Waals surface area contributed by atoms with Crippen LogP contribution in [0.2, 0.25) is 0 Å². The van der Waals surface area contributed by atoms with E-state index in [-0.39, 0.29) is 0 Å². The van der Waals surface area contributed by atoms with Crippen molar-refractivity contribution in [2.24, 2.45) is 5.92 Å². The van der Waals surface area contributed by atoms with E-state index >= 15 is 0 Å². The lowest BCUT2D eigenvalue weighted by Gasteiger charge is -2.23. The van der Waals surface area contributed by atoms with Gasteiger partial charge in [0, 0.05) is 0 Å². The molecule has 0 aromatic heterocycles. The zero-order valence-corrected chi connectivity index (χ0v) is 6.79. The maximum Gasteiger partial charge on any atom is 0.121 e. The summed E-state index contributed by atoms with van der Waals surface area (Å²) >= 11 is 0. The zero-order chi connectivity index (χ0) is 7.56. The van der Waals surface area contributed by atoms with Gasteiger partial charge in [-0.05, 0) is 24.5 Å². The molecule has 1 unspecified atom stereocenters. The molecule has 1 aliphatic rings. The van der Waals surface area contributed by atoms with Crippen LogP contribution in [0.5, 0.6) is 0 Å². The molecular weight excluding hydrogens is 124 g/mol. The van der Waals surface area contributed by atoms with Crippen LogP contribution >= 0.6 is 0 Å². The molecule has 0 radical (unpaired) electrons. The van der Waals surface area contributed by atoms with Gasteiger partial charge in [-0.1, -0.05) is 19.9 Å². The number of rotatable bonds is 1. The minimum absolute atomic E-state index is 0.296. The average Bonchev–Trinajstić information content (AvgIpc) is 1.88. The van der Waals surface area contributed by atoms with Crippen LogP contribution < -0.4 is 0 Å². The Morgan fingerprint density at radius 2 is 2.20 bits per heavy atom. The van der Waals surface area contributed by atoms with Crippen LogP contribution in [0, 0.1) is 5.92 Å². The maximum atomic E-state index is 5.40. The predicted molar refractivity (Wildman–Crippen MR) is 42.6 cm³/mol. The first-order valence-electron chi connectivity index (χ1n) is 3.70. The molecule has 1 nitrogen and oxygen atoms in total. The summed E-state index contributed by atoms with van der Waals surface area (Å²) in [5, 5.41) is 0. The Labute approximate surface area is 62.4 Å². The molecular formula is C9H14O. The maximum absolute atomic E-state index is 5.40. The van der Waals surface area contributed by atoms with Gasteiger partial charge < -0.3 is 4.74 Å². The van der Waals surface area contributed by atoms with Crippen molar-refractivity contribution in [3.05, 3.63) is 24.0 Å². The Bertz CT molecular complexity index is 166. The van der Waals surface area contributed by atoms with Gasteiger partial charge in [-0.15, -0.1) is 0 Å². The molecule has 0 amide bonds. The molecule has 1 aliphatic heterocycles. The fourth-order valence-corrected chi connectivity index (χ4v) is 1.21. The zero-order valence-electron chi connectivity index (χ0n) is 6.79. The number of ether oxygens (including phenoxy) is 1. The normalized spacial score (nSPS) is 24.4. The van der Waals surface area contributed by atoms with Crippen molar-refractivity contribution in [1.82, 2.24) is 0 Å². The predicted octanol–water partition coefficient (Wildman–Crippen LogP) is 2.50. The van der Waals surface area contributed by atoms with E-state index in [0.29, 0.717) is 12.0 Å². The topological polar surface area (TPSA) is 9.23 Å². The molecule has 0 aliphatic carbocycles. The molecule has 0 saturated carbocycles. The van der Waals surface area contributed by atoms with Gasteiger partial charge in [0.2, 0.25) is 0 Å². The third kappa shape index (κ3) is 1.41. The van der Waals surface area contributed by atoms with Crippen LogP contribution in [0.3, 0.4) is 0 Å². The number of allylic oxidation sites excluding steroid dienone is 2. The summed E-state index contributed by atoms with van der Waals surface area (Å²) in [6.45, 7) is 6.44. The van der Waals surface area contributed by atoms with Crippen molar-refractivity contribution in [1.29, 1.82) is 0 Å². The standard InChI is InChI=1S/C9H14O/c1-7(2)9-8(3)5-4-6-10-9/h4-7,9H,1-3H3. The van der Waals surface area contributed by atoms with Gasteiger partial charge in [0.05, 0.1) is 6.26 Å². The Balaban J connectivity index is 2.64. The summed E-state index contributed by atoms with van der Waals surface area (Å²) in [6, 6.07) is 0. The Hall–Kier alpha value is -0.720. The van der Waals surface area contributed by atoms with Crippen molar-refractivity contribution in [3.63, 3.8) is 0 Å². The molecule has 0 saturated heterocycles. The molecule has 1 atom stereocenters. The third-order valence-electron chi connectivity index (χ3n) is 1.72. The molecule has 1 heteroatoms. The van der Waals surface area contributed by atoms with Gasteiger partial charge >= 0.3 is 0 Å². The minimum Gasteiger partial charge on any atom is -0.493 e. The lowest BCUT2D eigenvalue weighted by molar-refractivity contribution is 0.129. The van der Waals surface area contributed by atoms with Crippen LogP contribution in [-0.2, 0) is 4.74 Å². The quantitative estimate of drug-likeness (QED) is 0.541. The van der Waals surface area contributed by atoms with Crippen molar-refractivity contribution < 1.29 is 4.74 Å². The van der Waals surface area contributed by atoms with Gasteiger partial charge in [-0.25, -0.2) is 0 Å². The van der Waals surface area contributed by atoms with E-state index in [1.54, 1.807) is 6.26 Å². The Morgan fingerprint density at radius 3 is 2.60 bits per heavy atom. The fourth-order valence-electron chi connectivity index (χ4n) is 1.21. The smallest absolute Gasteiger partial charge is 0.121 e. The molecule has 0 aromatic rings. The van der Waals surface area contributed by atoms with Gasteiger partial charge in [0.1, 0.15) is 6.10 Å². The van der Waals surface area contributed by atoms with Gasteiger partial charge in [0.25, 0.3) is 0 Å². The summed E-state index contributed by atoms with van der Waals surface area (Å²) in [5.41, 5.74) is 1.32. The first-order valence-corrected chi connectivity index (χ1v) is 3.70. The highest BCUT2D eigenvalue weighted by atomic mass is 16.5. The third-order valence-corrected chi connectivity index (χ3v) is 1.72. The molecule has 0 bridgehead atoms. The van der Waals surface area contributed by atoms with Crippen molar-refractivity contribution in [2.45, 2.75) is 26.9 Å². The molecule has 10 heavy (non-hydrogen) atoms. The fraction of sp³-hybridized carbons (Fsp3) is 0.556. The minimum atomic E-state index is 0.296. The van der Waals surface area contributed by atoms with E-state index in [2.05, 4.69) is 26.8 Å². The average molecular weight is 138 g/mol. The van der Waals surface area contributed by atoms with Gasteiger partial charge in [-0.2, -0.15) is 0 Å². The monoisotopic (exact) mass is 138 g/mol. The Morgan fingerprint density at radius 1 is 1.50 bits per heavy atom. The highest BCUT2D eigenvalue weighted by Crippen LogP contribution is 2.18. The highest BCUT2D eigenvalue weighted by molar-refractivity contribution is 5.17. The van der Waals surface area contributed by atoms with E-state index in [1.807, 2.05) is 6.08 Å². The van der Waals surface area contributed by atoms with Gasteiger partial charge in [0.15, 0.2) is 0 Å². The van der Waals surface area contributed by atoms with E-state index in [4.69, 9.17) is 4.74 Å². The van der Waals surface area contributed by atoms with E-state index < -0.39 is 0 Å². The molecule has 0 aromatic carbocycles. The second-order valence-electron chi connectivity index (χ2n) is 3.04. The second-order valence-corrected chi connectivity index (χ2v) is 3.04. The van der Waals surface area contributed by atoms with Crippen LogP contribution in [0.25, 0.3) is 0 Å². The first-order chi connectivity index (χ1) is 4.72. The van der Waals surface area contributed by atoms with Crippen LogP contribution in [0.1, 0.15) is 20.8 Å². The van der Waals surface area contributed by atoms with Gasteiger partial charge in [-0.3, -0.25) is 0 Å². The summed E-state index contributed by atoms with van der Waals surface area (Å²) < 4.78 is 5.40. The Kier molecular flexibility index (Phi) is 2.15. The highest BCUT2D eigenvalue weighted by Gasteiger charge is 2.16. The number of hydrogen-bond acceptors (Lipinski definition) is 1. The van der Waals surface area contributed by atoms with E-state index in [9.17, 15) is 0 Å². The van der Waals surface area contributed by atoms with Crippen molar-refractivity contribution in [2.75, 3.05) is 0 Å².